The molecule has 74 valence electrons. The molecule has 1 aliphatic carbocycles. The van der Waals surface area contributed by atoms with Crippen molar-refractivity contribution in [2.75, 3.05) is 0 Å². The van der Waals surface area contributed by atoms with Crippen LogP contribution < -0.4 is 0 Å². The highest BCUT2D eigenvalue weighted by Gasteiger charge is 2.29. The van der Waals surface area contributed by atoms with Crippen LogP contribution in [0.2, 0.25) is 0 Å². The molecule has 14 heavy (non-hydrogen) atoms. The van der Waals surface area contributed by atoms with Gasteiger partial charge in [-0.25, -0.2) is 0 Å². The van der Waals surface area contributed by atoms with Crippen LogP contribution in [-0.2, 0) is 17.6 Å². The zero-order valence-corrected chi connectivity index (χ0v) is 8.49. The number of carbonyl (C=O) groups excluding carboxylic acids is 1. The van der Waals surface area contributed by atoms with Gasteiger partial charge >= 0.3 is 0 Å². The summed E-state index contributed by atoms with van der Waals surface area (Å²) in [6.45, 7) is 2.10. The maximum atomic E-state index is 11.5. The van der Waals surface area contributed by atoms with E-state index in [-0.39, 0.29) is 0 Å². The van der Waals surface area contributed by atoms with E-state index in [1.54, 1.807) is 0 Å². The summed E-state index contributed by atoms with van der Waals surface area (Å²) in [4.78, 5) is 15.8. The Kier molecular flexibility index (Phi) is 2.62. The first kappa shape index (κ1) is 9.38. The molecule has 2 heteroatoms. The van der Waals surface area contributed by atoms with Crippen LogP contribution in [0.4, 0.5) is 0 Å². The van der Waals surface area contributed by atoms with E-state index in [9.17, 15) is 4.79 Å². The summed E-state index contributed by atoms with van der Waals surface area (Å²) in [5.74, 6) is 0.712. The summed E-state index contributed by atoms with van der Waals surface area (Å²) in [5, 5.41) is 0. The Morgan fingerprint density at radius 1 is 1.50 bits per heavy atom. The second-order valence-corrected chi connectivity index (χ2v) is 3.93. The van der Waals surface area contributed by atoms with E-state index in [4.69, 9.17) is 0 Å². The van der Waals surface area contributed by atoms with Crippen molar-refractivity contribution in [3.63, 3.8) is 0 Å². The maximum Gasteiger partial charge on any atom is 0.141 e. The smallest absolute Gasteiger partial charge is 0.141 e. The quantitative estimate of drug-likeness (QED) is 0.726. The van der Waals surface area contributed by atoms with E-state index in [2.05, 4.69) is 18.0 Å². The molecule has 0 bridgehead atoms. The lowest BCUT2D eigenvalue weighted by atomic mass is 10.1. The first-order chi connectivity index (χ1) is 6.79. The van der Waals surface area contributed by atoms with Gasteiger partial charge in [0.2, 0.25) is 0 Å². The molecule has 1 heterocycles. The number of ketones is 1. The number of aryl methyl sites for hydroxylation is 1. The lowest BCUT2D eigenvalue weighted by Gasteiger charge is -2.00. The van der Waals surface area contributed by atoms with Gasteiger partial charge in [0.1, 0.15) is 5.78 Å². The van der Waals surface area contributed by atoms with Crippen molar-refractivity contribution in [2.45, 2.75) is 32.6 Å². The fourth-order valence-electron chi connectivity index (χ4n) is 1.50. The molecule has 0 saturated heterocycles. The predicted molar refractivity (Wildman–Crippen MR) is 55.1 cm³/mol. The van der Waals surface area contributed by atoms with Crippen molar-refractivity contribution in [1.29, 1.82) is 0 Å². The molecule has 0 aromatic carbocycles. The highest BCUT2D eigenvalue weighted by Crippen LogP contribution is 2.30. The van der Waals surface area contributed by atoms with E-state index >= 15 is 0 Å². The Morgan fingerprint density at radius 3 is 2.79 bits per heavy atom. The Labute approximate surface area is 84.4 Å². The number of aromatic nitrogens is 1. The highest BCUT2D eigenvalue weighted by atomic mass is 16.1. The molecule has 1 aliphatic rings. The van der Waals surface area contributed by atoms with E-state index in [1.165, 1.54) is 5.56 Å². The van der Waals surface area contributed by atoms with Gasteiger partial charge in [0.15, 0.2) is 0 Å². The van der Waals surface area contributed by atoms with Crippen LogP contribution in [-0.4, -0.2) is 10.8 Å². The topological polar surface area (TPSA) is 30.0 Å². The number of nitrogens with zero attached hydrogens (tertiary/aromatic N) is 1. The molecule has 1 aromatic rings. The second-order valence-electron chi connectivity index (χ2n) is 3.93. The molecule has 2 rings (SSSR count). The maximum absolute atomic E-state index is 11.5. The molecule has 1 saturated carbocycles. The van der Waals surface area contributed by atoms with Crippen molar-refractivity contribution in [2.24, 2.45) is 5.92 Å². The number of carbonyl (C=O) groups is 1. The summed E-state index contributed by atoms with van der Waals surface area (Å²) in [5.41, 5.74) is 2.15. The number of hydrogen-bond donors (Lipinski definition) is 0. The summed E-state index contributed by atoms with van der Waals surface area (Å²) in [6.07, 6.45) is 5.58. The molecule has 1 aromatic heterocycles. The number of pyridine rings is 1. The Hall–Kier alpha value is -1.18. The van der Waals surface area contributed by atoms with Crippen LogP contribution in [0.25, 0.3) is 0 Å². The molecule has 0 unspecified atom stereocenters. The van der Waals surface area contributed by atoms with Gasteiger partial charge in [-0.15, -0.1) is 0 Å². The normalized spacial score (nSPS) is 15.5. The van der Waals surface area contributed by atoms with Crippen molar-refractivity contribution >= 4 is 5.78 Å². The Morgan fingerprint density at radius 2 is 2.29 bits per heavy atom. The zero-order valence-electron chi connectivity index (χ0n) is 8.49. The summed E-state index contributed by atoms with van der Waals surface area (Å²) in [6, 6.07) is 4.03. The summed E-state index contributed by atoms with van der Waals surface area (Å²) >= 11 is 0. The van der Waals surface area contributed by atoms with Gasteiger partial charge < -0.3 is 0 Å². The molecular weight excluding hydrogens is 174 g/mol. The average Bonchev–Trinajstić information content (AvgIpc) is 3.02. The Bertz CT molecular complexity index is 325. The van der Waals surface area contributed by atoms with E-state index in [0.717, 1.165) is 25.0 Å². The fourth-order valence-corrected chi connectivity index (χ4v) is 1.50. The largest absolute Gasteiger partial charge is 0.299 e. The van der Waals surface area contributed by atoms with E-state index in [0.29, 0.717) is 18.1 Å². The average molecular weight is 189 g/mol. The first-order valence-electron chi connectivity index (χ1n) is 5.26. The minimum Gasteiger partial charge on any atom is -0.299 e. The van der Waals surface area contributed by atoms with Gasteiger partial charge in [-0.3, -0.25) is 9.78 Å². The molecule has 1 fully saturated rings. The number of hydrogen-bond acceptors (Lipinski definition) is 2. The molecule has 0 amide bonds. The minimum atomic E-state index is 0.350. The van der Waals surface area contributed by atoms with Gasteiger partial charge in [0.05, 0.1) is 0 Å². The predicted octanol–water partition coefficient (Wildman–Crippen LogP) is 2.17. The first-order valence-corrected chi connectivity index (χ1v) is 5.26. The van der Waals surface area contributed by atoms with Crippen LogP contribution >= 0.6 is 0 Å². The van der Waals surface area contributed by atoms with Crippen LogP contribution in [0.15, 0.2) is 18.3 Å². The van der Waals surface area contributed by atoms with Gasteiger partial charge in [-0.1, -0.05) is 13.0 Å². The molecule has 2 nitrogen and oxygen atoms in total. The fraction of sp³-hybridized carbons (Fsp3) is 0.500. The van der Waals surface area contributed by atoms with Gasteiger partial charge in [0, 0.05) is 24.2 Å². The third-order valence-electron chi connectivity index (χ3n) is 2.68. The molecule has 0 N–H and O–H groups in total. The van der Waals surface area contributed by atoms with Crippen molar-refractivity contribution in [1.82, 2.24) is 4.98 Å². The van der Waals surface area contributed by atoms with Crippen molar-refractivity contribution in [3.05, 3.63) is 29.6 Å². The van der Waals surface area contributed by atoms with E-state index in [1.807, 2.05) is 12.3 Å². The third kappa shape index (κ3) is 2.19. The SMILES string of the molecule is CCc1ccc(CC(=O)C2CC2)nc1. The van der Waals surface area contributed by atoms with Crippen LogP contribution in [0.1, 0.15) is 31.0 Å². The Balaban J connectivity index is 1.98. The van der Waals surface area contributed by atoms with E-state index < -0.39 is 0 Å². The summed E-state index contributed by atoms with van der Waals surface area (Å²) < 4.78 is 0. The standard InChI is InChI=1S/C12H15NO/c1-2-9-3-6-11(13-8-9)7-12(14)10-4-5-10/h3,6,8,10H,2,4-5,7H2,1H3. The molecular formula is C12H15NO. The second kappa shape index (κ2) is 3.91. The minimum absolute atomic E-state index is 0.350. The lowest BCUT2D eigenvalue weighted by Crippen LogP contribution is -2.06. The molecule has 0 spiro atoms. The van der Waals surface area contributed by atoms with Gasteiger partial charge in [-0.05, 0) is 30.9 Å². The molecule has 0 aliphatic heterocycles. The molecule has 0 atom stereocenters. The highest BCUT2D eigenvalue weighted by molar-refractivity contribution is 5.84. The van der Waals surface area contributed by atoms with Gasteiger partial charge in [-0.2, -0.15) is 0 Å². The lowest BCUT2D eigenvalue weighted by molar-refractivity contribution is -0.119. The van der Waals surface area contributed by atoms with Crippen molar-refractivity contribution < 1.29 is 4.79 Å². The molecule has 0 radical (unpaired) electrons. The third-order valence-corrected chi connectivity index (χ3v) is 2.68. The van der Waals surface area contributed by atoms with Crippen LogP contribution in [0.3, 0.4) is 0 Å². The van der Waals surface area contributed by atoms with Gasteiger partial charge in [0.25, 0.3) is 0 Å². The monoisotopic (exact) mass is 189 g/mol. The van der Waals surface area contributed by atoms with Crippen LogP contribution in [0.5, 0.6) is 0 Å². The number of rotatable bonds is 4. The van der Waals surface area contributed by atoms with Crippen molar-refractivity contribution in [3.8, 4) is 0 Å². The summed E-state index contributed by atoms with van der Waals surface area (Å²) in [7, 11) is 0. The van der Waals surface area contributed by atoms with Crippen LogP contribution in [0, 0.1) is 5.92 Å². The zero-order chi connectivity index (χ0) is 9.97. The number of Topliss-reactive ketones (excluding diaryl/α,β-unsaturated/α-hetero) is 1.